The summed E-state index contributed by atoms with van der Waals surface area (Å²) in [6.45, 7) is 3.10. The van der Waals surface area contributed by atoms with Crippen molar-refractivity contribution in [2.24, 2.45) is 0 Å². The first kappa shape index (κ1) is 18.1. The molecule has 0 radical (unpaired) electrons. The highest BCUT2D eigenvalue weighted by Gasteiger charge is 2.08. The molecule has 0 saturated heterocycles. The molecule has 2 N–H and O–H groups in total. The van der Waals surface area contributed by atoms with E-state index in [-0.39, 0.29) is 24.8 Å². The van der Waals surface area contributed by atoms with E-state index < -0.39 is 0 Å². The van der Waals surface area contributed by atoms with Crippen LogP contribution in [-0.2, 0) is 11.3 Å². The Morgan fingerprint density at radius 1 is 1.15 bits per heavy atom. The third-order valence-corrected chi connectivity index (χ3v) is 4.44. The Bertz CT molecular complexity index is 934. The largest absolute Gasteiger partial charge is 0.352 e. The number of hydrogen-bond donors (Lipinski definition) is 2. The number of hydrogen-bond acceptors (Lipinski definition) is 3. The first-order valence-electron chi connectivity index (χ1n) is 8.36. The molecule has 3 aromatic rings. The fourth-order valence-electron chi connectivity index (χ4n) is 2.52. The van der Waals surface area contributed by atoms with Gasteiger partial charge in [0.25, 0.3) is 5.91 Å². The van der Waals surface area contributed by atoms with Gasteiger partial charge in [0.05, 0.1) is 5.52 Å². The number of halogens is 1. The summed E-state index contributed by atoms with van der Waals surface area (Å²) in [7, 11) is 0. The number of amides is 2. The predicted molar refractivity (Wildman–Crippen MR) is 105 cm³/mol. The molecule has 26 heavy (non-hydrogen) atoms. The van der Waals surface area contributed by atoms with Crippen molar-refractivity contribution < 1.29 is 9.59 Å². The number of rotatable bonds is 6. The minimum absolute atomic E-state index is 0.157. The Hall–Kier alpha value is -2.67. The van der Waals surface area contributed by atoms with E-state index >= 15 is 0 Å². The maximum atomic E-state index is 12.1. The van der Waals surface area contributed by atoms with Crippen molar-refractivity contribution in [3.8, 4) is 0 Å². The van der Waals surface area contributed by atoms with Gasteiger partial charge < -0.3 is 10.6 Å². The zero-order chi connectivity index (χ0) is 18.5. The predicted octanol–water partition coefficient (Wildman–Crippen LogP) is 3.58. The molecule has 0 aliphatic heterocycles. The Morgan fingerprint density at radius 2 is 1.92 bits per heavy atom. The molecule has 0 aliphatic carbocycles. The van der Waals surface area contributed by atoms with Crippen molar-refractivity contribution in [2.75, 3.05) is 11.9 Å². The standard InChI is InChI=1S/C19H19BrN4O2/c1-2-24-12-14-5-8-16(11-17(14)23-24)22-18(25)9-10-21-19(26)13-3-6-15(20)7-4-13/h3-8,11-12H,2,9-10H2,1H3,(H,21,26)(H,22,25). The van der Waals surface area contributed by atoms with Crippen LogP contribution in [0, 0.1) is 0 Å². The Labute approximate surface area is 159 Å². The summed E-state index contributed by atoms with van der Waals surface area (Å²) in [5, 5.41) is 11.0. The van der Waals surface area contributed by atoms with Crippen molar-refractivity contribution >= 4 is 44.3 Å². The highest BCUT2D eigenvalue weighted by Crippen LogP contribution is 2.18. The van der Waals surface area contributed by atoms with Gasteiger partial charge in [-0.2, -0.15) is 5.10 Å². The number of nitrogens with zero attached hydrogens (tertiary/aromatic N) is 2. The lowest BCUT2D eigenvalue weighted by molar-refractivity contribution is -0.116. The second kappa shape index (κ2) is 8.14. The molecule has 0 unspecified atom stereocenters. The second-order valence-corrected chi connectivity index (χ2v) is 6.74. The average molecular weight is 415 g/mol. The van der Waals surface area contributed by atoms with Gasteiger partial charge in [0.1, 0.15) is 0 Å². The van der Waals surface area contributed by atoms with Crippen LogP contribution in [0.5, 0.6) is 0 Å². The molecule has 2 aromatic carbocycles. The average Bonchev–Trinajstić information content (AvgIpc) is 3.04. The topological polar surface area (TPSA) is 76.0 Å². The normalized spacial score (nSPS) is 10.7. The van der Waals surface area contributed by atoms with Crippen molar-refractivity contribution in [2.45, 2.75) is 19.9 Å². The Morgan fingerprint density at radius 3 is 2.65 bits per heavy atom. The van der Waals surface area contributed by atoms with E-state index in [0.717, 1.165) is 21.9 Å². The van der Waals surface area contributed by atoms with Gasteiger partial charge in [0, 0.05) is 46.8 Å². The van der Waals surface area contributed by atoms with Crippen molar-refractivity contribution in [3.63, 3.8) is 0 Å². The zero-order valence-corrected chi connectivity index (χ0v) is 15.9. The maximum Gasteiger partial charge on any atom is 0.251 e. The number of carbonyl (C=O) groups excluding carboxylic acids is 2. The first-order valence-corrected chi connectivity index (χ1v) is 9.15. The summed E-state index contributed by atoms with van der Waals surface area (Å²) in [5.41, 5.74) is 2.10. The third-order valence-electron chi connectivity index (χ3n) is 3.91. The van der Waals surface area contributed by atoms with Gasteiger partial charge in [0.2, 0.25) is 5.91 Å². The number of aryl methyl sites for hydroxylation is 1. The molecular formula is C19H19BrN4O2. The molecule has 0 bridgehead atoms. The van der Waals surface area contributed by atoms with Gasteiger partial charge in [-0.3, -0.25) is 14.3 Å². The van der Waals surface area contributed by atoms with Crippen molar-refractivity contribution in [1.82, 2.24) is 15.1 Å². The number of benzene rings is 2. The van der Waals surface area contributed by atoms with E-state index in [2.05, 4.69) is 31.7 Å². The molecule has 3 rings (SSSR count). The number of anilines is 1. The van der Waals surface area contributed by atoms with Crippen LogP contribution in [0.3, 0.4) is 0 Å². The quantitative estimate of drug-likeness (QED) is 0.646. The summed E-state index contributed by atoms with van der Waals surface area (Å²) in [5.74, 6) is -0.354. The van der Waals surface area contributed by atoms with Crippen LogP contribution in [-0.4, -0.2) is 28.1 Å². The SMILES string of the molecule is CCn1cc2ccc(NC(=O)CCNC(=O)c3ccc(Br)cc3)cc2n1. The van der Waals surface area contributed by atoms with Gasteiger partial charge in [0.15, 0.2) is 0 Å². The molecular weight excluding hydrogens is 396 g/mol. The minimum Gasteiger partial charge on any atom is -0.352 e. The van der Waals surface area contributed by atoms with Gasteiger partial charge in [-0.1, -0.05) is 15.9 Å². The Balaban J connectivity index is 1.50. The Kier molecular flexibility index (Phi) is 5.68. The summed E-state index contributed by atoms with van der Waals surface area (Å²) >= 11 is 3.33. The van der Waals surface area contributed by atoms with Crippen LogP contribution in [0.15, 0.2) is 53.1 Å². The van der Waals surface area contributed by atoms with Crippen LogP contribution >= 0.6 is 15.9 Å². The van der Waals surface area contributed by atoms with Gasteiger partial charge in [-0.25, -0.2) is 0 Å². The number of nitrogens with one attached hydrogen (secondary N) is 2. The van der Waals surface area contributed by atoms with Crippen LogP contribution < -0.4 is 10.6 Å². The summed E-state index contributed by atoms with van der Waals surface area (Å²) in [6.07, 6.45) is 2.17. The molecule has 0 saturated carbocycles. The smallest absolute Gasteiger partial charge is 0.251 e. The van der Waals surface area contributed by atoms with Gasteiger partial charge in [-0.15, -0.1) is 0 Å². The van der Waals surface area contributed by atoms with E-state index in [1.807, 2.05) is 36.0 Å². The van der Waals surface area contributed by atoms with E-state index in [1.54, 1.807) is 24.3 Å². The molecule has 2 amide bonds. The molecule has 1 heterocycles. The third kappa shape index (κ3) is 4.49. The lowest BCUT2D eigenvalue weighted by Crippen LogP contribution is -2.27. The van der Waals surface area contributed by atoms with E-state index in [9.17, 15) is 9.59 Å². The maximum absolute atomic E-state index is 12.1. The minimum atomic E-state index is -0.197. The molecule has 7 heteroatoms. The summed E-state index contributed by atoms with van der Waals surface area (Å²) in [4.78, 5) is 24.1. The van der Waals surface area contributed by atoms with Gasteiger partial charge >= 0.3 is 0 Å². The molecule has 0 spiro atoms. The van der Waals surface area contributed by atoms with Gasteiger partial charge in [-0.05, 0) is 49.4 Å². The highest BCUT2D eigenvalue weighted by atomic mass is 79.9. The second-order valence-electron chi connectivity index (χ2n) is 5.82. The molecule has 1 aromatic heterocycles. The highest BCUT2D eigenvalue weighted by molar-refractivity contribution is 9.10. The lowest BCUT2D eigenvalue weighted by Gasteiger charge is -2.07. The lowest BCUT2D eigenvalue weighted by atomic mass is 10.2. The molecule has 0 atom stereocenters. The van der Waals surface area contributed by atoms with Crippen LogP contribution in [0.2, 0.25) is 0 Å². The number of fused-ring (bicyclic) bond motifs is 1. The number of aromatic nitrogens is 2. The zero-order valence-electron chi connectivity index (χ0n) is 14.3. The van der Waals surface area contributed by atoms with Crippen LogP contribution in [0.25, 0.3) is 10.9 Å². The summed E-state index contributed by atoms with van der Waals surface area (Å²) < 4.78 is 2.77. The number of carbonyl (C=O) groups is 2. The first-order chi connectivity index (χ1) is 12.5. The fraction of sp³-hybridized carbons (Fsp3) is 0.211. The monoisotopic (exact) mass is 414 g/mol. The molecule has 6 nitrogen and oxygen atoms in total. The van der Waals surface area contributed by atoms with E-state index in [4.69, 9.17) is 0 Å². The summed E-state index contributed by atoms with van der Waals surface area (Å²) in [6, 6.07) is 12.7. The molecule has 0 fully saturated rings. The molecule has 0 aliphatic rings. The van der Waals surface area contributed by atoms with Crippen LogP contribution in [0.4, 0.5) is 5.69 Å². The van der Waals surface area contributed by atoms with Crippen LogP contribution in [0.1, 0.15) is 23.7 Å². The van der Waals surface area contributed by atoms with E-state index in [1.165, 1.54) is 0 Å². The van der Waals surface area contributed by atoms with Crippen molar-refractivity contribution in [1.29, 1.82) is 0 Å². The molecule has 134 valence electrons. The van der Waals surface area contributed by atoms with E-state index in [0.29, 0.717) is 11.3 Å². The van der Waals surface area contributed by atoms with Crippen molar-refractivity contribution in [3.05, 3.63) is 58.7 Å². The fourth-order valence-corrected chi connectivity index (χ4v) is 2.79.